The van der Waals surface area contributed by atoms with Crippen LogP contribution in [0, 0.1) is 11.6 Å². The van der Waals surface area contributed by atoms with Crippen molar-refractivity contribution >= 4 is 17.5 Å². The molecule has 1 amide bonds. The van der Waals surface area contributed by atoms with E-state index >= 15 is 0 Å². The van der Waals surface area contributed by atoms with Gasteiger partial charge in [0, 0.05) is 37.5 Å². The summed E-state index contributed by atoms with van der Waals surface area (Å²) in [5, 5.41) is 19.0. The Bertz CT molecular complexity index is 1270. The summed E-state index contributed by atoms with van der Waals surface area (Å²) in [4.78, 5) is 12.7. The van der Waals surface area contributed by atoms with Gasteiger partial charge in [0.15, 0.2) is 16.6 Å². The highest BCUT2D eigenvalue weighted by Gasteiger charge is 2.33. The molecule has 32 heavy (non-hydrogen) atoms. The molecule has 3 heterocycles. The fourth-order valence-electron chi connectivity index (χ4n) is 3.20. The fraction of sp³-hybridized carbons (Fsp3) is 0.190. The van der Waals surface area contributed by atoms with E-state index in [9.17, 15) is 13.6 Å². The van der Waals surface area contributed by atoms with Crippen molar-refractivity contribution in [3.8, 4) is 11.3 Å². The summed E-state index contributed by atoms with van der Waals surface area (Å²) in [6.07, 6.45) is 3.49. The number of rotatable bonds is 6. The molecule has 0 aliphatic carbocycles. The number of carbonyl (C=O) groups excluding carboxylic acids is 1. The van der Waals surface area contributed by atoms with Gasteiger partial charge >= 0.3 is 0 Å². The Morgan fingerprint density at radius 1 is 1.22 bits per heavy atom. The largest absolute Gasteiger partial charge is 0.355 e. The molecule has 0 saturated carbocycles. The van der Waals surface area contributed by atoms with E-state index in [1.54, 1.807) is 30.1 Å². The van der Waals surface area contributed by atoms with Gasteiger partial charge in [0.25, 0.3) is 5.91 Å². The first-order valence-electron chi connectivity index (χ1n) is 9.45. The van der Waals surface area contributed by atoms with E-state index in [4.69, 9.17) is 16.1 Å². The first kappa shape index (κ1) is 21.6. The molecule has 0 fully saturated rings. The van der Waals surface area contributed by atoms with Gasteiger partial charge < -0.3 is 9.84 Å². The molecule has 1 atom stereocenters. The zero-order valence-corrected chi connectivity index (χ0v) is 17.8. The Kier molecular flexibility index (Phi) is 5.70. The van der Waals surface area contributed by atoms with Crippen molar-refractivity contribution in [2.24, 2.45) is 7.05 Å². The molecular formula is C21H17ClF2N6O2. The lowest BCUT2D eigenvalue weighted by Crippen LogP contribution is -2.40. The zero-order chi connectivity index (χ0) is 22.9. The molecule has 1 unspecified atom stereocenters. The molecule has 4 aromatic rings. The van der Waals surface area contributed by atoms with Crippen molar-refractivity contribution in [2.45, 2.75) is 12.3 Å². The molecule has 0 radical (unpaired) electrons. The second-order valence-electron chi connectivity index (χ2n) is 7.36. The number of aryl methyl sites for hydroxylation is 1. The number of nitrogens with zero attached hydrogens (tertiary/aromatic N) is 5. The van der Waals surface area contributed by atoms with Gasteiger partial charge in [0.2, 0.25) is 0 Å². The van der Waals surface area contributed by atoms with Crippen LogP contribution in [0.5, 0.6) is 0 Å². The minimum atomic E-state index is -0.821. The van der Waals surface area contributed by atoms with Crippen molar-refractivity contribution in [3.63, 3.8) is 0 Å². The quantitative estimate of drug-likeness (QED) is 0.474. The van der Waals surface area contributed by atoms with Gasteiger partial charge in [-0.3, -0.25) is 9.48 Å². The number of amides is 1. The number of benzene rings is 1. The highest BCUT2D eigenvalue weighted by molar-refractivity contribution is 6.29. The average molecular weight is 459 g/mol. The van der Waals surface area contributed by atoms with Crippen LogP contribution >= 0.6 is 11.6 Å². The standard InChI is InChI=1S/C21H17ClF2N6O2/c1-21(12-9-26-30(2)10-12,18-5-6-19(22)28-27-18)11-25-20(31)16-8-17(32-29-16)14-4-3-13(23)7-15(14)24/h3-10H,11H2,1-2H3,(H,25,31). The molecule has 0 bridgehead atoms. The average Bonchev–Trinajstić information content (AvgIpc) is 3.42. The van der Waals surface area contributed by atoms with Gasteiger partial charge in [-0.2, -0.15) is 10.2 Å². The maximum absolute atomic E-state index is 14.0. The molecule has 3 aromatic heterocycles. The predicted octanol–water partition coefficient (Wildman–Crippen LogP) is 3.53. The van der Waals surface area contributed by atoms with E-state index in [-0.39, 0.29) is 28.7 Å². The SMILES string of the molecule is Cn1cc(C(C)(CNC(=O)c2cc(-c3ccc(F)cc3F)on2)c2ccc(Cl)nn2)cn1. The molecule has 11 heteroatoms. The second kappa shape index (κ2) is 8.46. The molecular weight excluding hydrogens is 442 g/mol. The normalized spacial score (nSPS) is 13.0. The Balaban J connectivity index is 1.57. The lowest BCUT2D eigenvalue weighted by atomic mass is 9.80. The molecule has 1 aromatic carbocycles. The summed E-state index contributed by atoms with van der Waals surface area (Å²) in [7, 11) is 1.78. The van der Waals surface area contributed by atoms with Crippen molar-refractivity contribution in [2.75, 3.05) is 6.54 Å². The summed E-state index contributed by atoms with van der Waals surface area (Å²) >= 11 is 5.87. The van der Waals surface area contributed by atoms with Gasteiger partial charge in [0.1, 0.15) is 11.6 Å². The van der Waals surface area contributed by atoms with Crippen LogP contribution in [0.4, 0.5) is 8.78 Å². The highest BCUT2D eigenvalue weighted by atomic mass is 35.5. The third kappa shape index (κ3) is 4.22. The van der Waals surface area contributed by atoms with Crippen LogP contribution in [-0.4, -0.2) is 37.6 Å². The van der Waals surface area contributed by atoms with Crippen LogP contribution in [0.2, 0.25) is 5.15 Å². The number of hydrogen-bond acceptors (Lipinski definition) is 6. The number of carbonyl (C=O) groups is 1. The second-order valence-corrected chi connectivity index (χ2v) is 7.75. The van der Waals surface area contributed by atoms with E-state index in [0.717, 1.165) is 17.7 Å². The molecule has 0 saturated heterocycles. The van der Waals surface area contributed by atoms with Crippen LogP contribution < -0.4 is 5.32 Å². The summed E-state index contributed by atoms with van der Waals surface area (Å²) in [5.74, 6) is -2.08. The van der Waals surface area contributed by atoms with Crippen molar-refractivity contribution in [1.82, 2.24) is 30.5 Å². The van der Waals surface area contributed by atoms with E-state index in [0.29, 0.717) is 5.69 Å². The number of hydrogen-bond donors (Lipinski definition) is 1. The predicted molar refractivity (Wildman–Crippen MR) is 111 cm³/mol. The van der Waals surface area contributed by atoms with Crippen LogP contribution in [-0.2, 0) is 12.5 Å². The maximum Gasteiger partial charge on any atom is 0.273 e. The number of aromatic nitrogens is 5. The molecule has 0 aliphatic heterocycles. The molecule has 8 nitrogen and oxygen atoms in total. The smallest absolute Gasteiger partial charge is 0.273 e. The van der Waals surface area contributed by atoms with E-state index < -0.39 is 23.0 Å². The van der Waals surface area contributed by atoms with Crippen molar-refractivity contribution < 1.29 is 18.1 Å². The van der Waals surface area contributed by atoms with E-state index in [1.807, 2.05) is 13.1 Å². The Hall–Kier alpha value is -3.66. The summed E-state index contributed by atoms with van der Waals surface area (Å²) in [6.45, 7) is 2.01. The van der Waals surface area contributed by atoms with Gasteiger partial charge in [-0.05, 0) is 31.2 Å². The summed E-state index contributed by atoms with van der Waals surface area (Å²) < 4.78 is 33.9. The van der Waals surface area contributed by atoms with Crippen LogP contribution in [0.15, 0.2) is 53.3 Å². The topological polar surface area (TPSA) is 98.7 Å². The van der Waals surface area contributed by atoms with Crippen LogP contribution in [0.25, 0.3) is 11.3 Å². The van der Waals surface area contributed by atoms with E-state index in [1.165, 1.54) is 12.1 Å². The maximum atomic E-state index is 14.0. The third-order valence-corrected chi connectivity index (χ3v) is 5.28. The Morgan fingerprint density at radius 2 is 2.03 bits per heavy atom. The van der Waals surface area contributed by atoms with Gasteiger partial charge in [-0.1, -0.05) is 16.8 Å². The first-order chi connectivity index (χ1) is 15.3. The van der Waals surface area contributed by atoms with Gasteiger partial charge in [0.05, 0.1) is 22.9 Å². The fourth-order valence-corrected chi connectivity index (χ4v) is 3.30. The Morgan fingerprint density at radius 3 is 2.69 bits per heavy atom. The first-order valence-corrected chi connectivity index (χ1v) is 9.83. The van der Waals surface area contributed by atoms with Crippen LogP contribution in [0.1, 0.15) is 28.7 Å². The molecule has 1 N–H and O–H groups in total. The highest BCUT2D eigenvalue weighted by Crippen LogP contribution is 2.30. The monoisotopic (exact) mass is 458 g/mol. The number of halogens is 3. The molecule has 164 valence electrons. The van der Waals surface area contributed by atoms with E-state index in [2.05, 4.69) is 25.8 Å². The lowest BCUT2D eigenvalue weighted by molar-refractivity contribution is 0.0938. The Labute approximate surface area is 186 Å². The number of nitrogens with one attached hydrogen (secondary N) is 1. The van der Waals surface area contributed by atoms with Gasteiger partial charge in [-0.15, -0.1) is 5.10 Å². The third-order valence-electron chi connectivity index (χ3n) is 5.08. The minimum absolute atomic E-state index is 0.00501. The zero-order valence-electron chi connectivity index (χ0n) is 17.0. The van der Waals surface area contributed by atoms with Gasteiger partial charge in [-0.25, -0.2) is 8.78 Å². The van der Waals surface area contributed by atoms with Crippen molar-refractivity contribution in [3.05, 3.63) is 82.5 Å². The van der Waals surface area contributed by atoms with Crippen LogP contribution in [0.3, 0.4) is 0 Å². The molecule has 4 rings (SSSR count). The molecule has 0 aliphatic rings. The minimum Gasteiger partial charge on any atom is -0.355 e. The summed E-state index contributed by atoms with van der Waals surface area (Å²) in [5.41, 5.74) is 0.529. The lowest BCUT2D eigenvalue weighted by Gasteiger charge is -2.27. The molecule has 0 spiro atoms. The summed E-state index contributed by atoms with van der Waals surface area (Å²) in [6, 6.07) is 7.65. The van der Waals surface area contributed by atoms with Crippen molar-refractivity contribution in [1.29, 1.82) is 0 Å².